The SMILES string of the molecule is COC(=O)C(O)c1cc(Br)ccc1OCC1CCC1. The number of carbonyl (C=O) groups is 1. The molecule has 0 bridgehead atoms. The molecule has 0 aromatic heterocycles. The van der Waals surface area contributed by atoms with Crippen molar-refractivity contribution in [2.75, 3.05) is 13.7 Å². The third-order valence-electron chi connectivity index (χ3n) is 3.39. The summed E-state index contributed by atoms with van der Waals surface area (Å²) in [7, 11) is 1.25. The molecule has 1 aliphatic rings. The molecule has 4 nitrogen and oxygen atoms in total. The summed E-state index contributed by atoms with van der Waals surface area (Å²) in [4.78, 5) is 11.4. The van der Waals surface area contributed by atoms with Gasteiger partial charge >= 0.3 is 5.97 Å². The number of esters is 1. The number of hydrogen-bond donors (Lipinski definition) is 1. The third kappa shape index (κ3) is 3.48. The van der Waals surface area contributed by atoms with Crippen molar-refractivity contribution in [3.8, 4) is 5.75 Å². The number of methoxy groups -OCH3 is 1. The van der Waals surface area contributed by atoms with E-state index >= 15 is 0 Å². The van der Waals surface area contributed by atoms with E-state index in [2.05, 4.69) is 20.7 Å². The summed E-state index contributed by atoms with van der Waals surface area (Å²) in [6, 6.07) is 5.26. The summed E-state index contributed by atoms with van der Waals surface area (Å²) in [5.41, 5.74) is 0.431. The zero-order valence-corrected chi connectivity index (χ0v) is 12.4. The van der Waals surface area contributed by atoms with Crippen LogP contribution in [0.3, 0.4) is 0 Å². The Morgan fingerprint density at radius 3 is 2.84 bits per heavy atom. The Balaban J connectivity index is 2.13. The fourth-order valence-electron chi connectivity index (χ4n) is 1.97. The van der Waals surface area contributed by atoms with Crippen molar-refractivity contribution in [3.05, 3.63) is 28.2 Å². The number of halogens is 1. The maximum absolute atomic E-state index is 11.4. The first-order valence-electron chi connectivity index (χ1n) is 6.30. The molecule has 0 saturated heterocycles. The fourth-order valence-corrected chi connectivity index (χ4v) is 2.35. The van der Waals surface area contributed by atoms with Crippen molar-refractivity contribution in [2.24, 2.45) is 5.92 Å². The number of aliphatic hydroxyl groups is 1. The summed E-state index contributed by atoms with van der Waals surface area (Å²) < 4.78 is 11.1. The average Bonchev–Trinajstić information content (AvgIpc) is 2.36. The molecule has 1 aromatic carbocycles. The molecule has 0 spiro atoms. The van der Waals surface area contributed by atoms with E-state index in [-0.39, 0.29) is 0 Å². The summed E-state index contributed by atoms with van der Waals surface area (Å²) in [5.74, 6) is 0.436. The minimum Gasteiger partial charge on any atom is -0.493 e. The first-order chi connectivity index (χ1) is 9.11. The van der Waals surface area contributed by atoms with Gasteiger partial charge in [0.25, 0.3) is 0 Å². The topological polar surface area (TPSA) is 55.8 Å². The maximum atomic E-state index is 11.4. The van der Waals surface area contributed by atoms with Gasteiger partial charge in [0.1, 0.15) is 5.75 Å². The third-order valence-corrected chi connectivity index (χ3v) is 3.88. The van der Waals surface area contributed by atoms with Crippen molar-refractivity contribution >= 4 is 21.9 Å². The number of hydrogen-bond acceptors (Lipinski definition) is 4. The number of ether oxygens (including phenoxy) is 2. The van der Waals surface area contributed by atoms with Crippen LogP contribution in [-0.2, 0) is 9.53 Å². The van der Waals surface area contributed by atoms with Crippen LogP contribution in [0.2, 0.25) is 0 Å². The highest BCUT2D eigenvalue weighted by Gasteiger charge is 2.24. The van der Waals surface area contributed by atoms with Gasteiger partial charge in [0.05, 0.1) is 13.7 Å². The molecule has 1 saturated carbocycles. The normalized spacial score (nSPS) is 16.6. The molecule has 2 rings (SSSR count). The van der Waals surface area contributed by atoms with Crippen molar-refractivity contribution < 1.29 is 19.4 Å². The lowest BCUT2D eigenvalue weighted by Crippen LogP contribution is -2.21. The smallest absolute Gasteiger partial charge is 0.339 e. The fraction of sp³-hybridized carbons (Fsp3) is 0.500. The Labute approximate surface area is 120 Å². The summed E-state index contributed by atoms with van der Waals surface area (Å²) in [5, 5.41) is 9.96. The van der Waals surface area contributed by atoms with E-state index in [1.165, 1.54) is 26.4 Å². The van der Waals surface area contributed by atoms with Crippen LogP contribution in [0, 0.1) is 5.92 Å². The monoisotopic (exact) mass is 328 g/mol. The lowest BCUT2D eigenvalue weighted by Gasteiger charge is -2.26. The Morgan fingerprint density at radius 2 is 2.26 bits per heavy atom. The molecule has 1 fully saturated rings. The molecule has 1 N–H and O–H groups in total. The van der Waals surface area contributed by atoms with Gasteiger partial charge in [-0.1, -0.05) is 22.4 Å². The Kier molecular flexibility index (Phi) is 4.82. The van der Waals surface area contributed by atoms with Gasteiger partial charge in [0, 0.05) is 10.0 Å². The van der Waals surface area contributed by atoms with Crippen LogP contribution in [0.5, 0.6) is 5.75 Å². The van der Waals surface area contributed by atoms with E-state index in [0.29, 0.717) is 23.8 Å². The molecule has 1 aliphatic carbocycles. The molecule has 0 amide bonds. The molecule has 19 heavy (non-hydrogen) atoms. The van der Waals surface area contributed by atoms with Gasteiger partial charge in [-0.2, -0.15) is 0 Å². The van der Waals surface area contributed by atoms with Gasteiger partial charge in [0.15, 0.2) is 6.10 Å². The van der Waals surface area contributed by atoms with E-state index in [1.807, 2.05) is 6.07 Å². The van der Waals surface area contributed by atoms with Crippen LogP contribution in [0.4, 0.5) is 0 Å². The minimum atomic E-state index is -1.32. The van der Waals surface area contributed by atoms with Crippen LogP contribution in [0.1, 0.15) is 30.9 Å². The van der Waals surface area contributed by atoms with Crippen LogP contribution < -0.4 is 4.74 Å². The molecule has 0 radical (unpaired) electrons. The summed E-state index contributed by atoms with van der Waals surface area (Å²) >= 11 is 3.32. The van der Waals surface area contributed by atoms with Gasteiger partial charge in [0.2, 0.25) is 0 Å². The van der Waals surface area contributed by atoms with E-state index < -0.39 is 12.1 Å². The Hall–Kier alpha value is -1.07. The number of rotatable bonds is 5. The minimum absolute atomic E-state index is 0.431. The van der Waals surface area contributed by atoms with Gasteiger partial charge in [-0.05, 0) is 37.0 Å². The predicted octanol–water partition coefficient (Wildman–Crippen LogP) is 2.83. The number of aliphatic hydroxyl groups excluding tert-OH is 1. The van der Waals surface area contributed by atoms with Gasteiger partial charge < -0.3 is 14.6 Å². The molecular formula is C14H17BrO4. The maximum Gasteiger partial charge on any atom is 0.339 e. The van der Waals surface area contributed by atoms with Crippen molar-refractivity contribution in [1.29, 1.82) is 0 Å². The largest absolute Gasteiger partial charge is 0.493 e. The molecule has 1 atom stereocenters. The predicted molar refractivity (Wildman–Crippen MR) is 74.0 cm³/mol. The molecule has 1 unspecified atom stereocenters. The van der Waals surface area contributed by atoms with Crippen LogP contribution in [0.25, 0.3) is 0 Å². The van der Waals surface area contributed by atoms with Gasteiger partial charge in [-0.3, -0.25) is 0 Å². The van der Waals surface area contributed by atoms with E-state index in [4.69, 9.17) is 4.74 Å². The second-order valence-electron chi connectivity index (χ2n) is 4.72. The van der Waals surface area contributed by atoms with Crippen molar-refractivity contribution in [1.82, 2.24) is 0 Å². The number of benzene rings is 1. The lowest BCUT2D eigenvalue weighted by molar-refractivity contribution is -0.150. The highest BCUT2D eigenvalue weighted by Crippen LogP contribution is 2.32. The lowest BCUT2D eigenvalue weighted by atomic mass is 9.86. The molecule has 0 aliphatic heterocycles. The molecule has 1 aromatic rings. The van der Waals surface area contributed by atoms with Crippen LogP contribution in [-0.4, -0.2) is 24.8 Å². The zero-order valence-electron chi connectivity index (χ0n) is 10.8. The van der Waals surface area contributed by atoms with Crippen molar-refractivity contribution in [3.63, 3.8) is 0 Å². The Bertz CT molecular complexity index is 457. The summed E-state index contributed by atoms with van der Waals surface area (Å²) in [6.07, 6.45) is 2.31. The second-order valence-corrected chi connectivity index (χ2v) is 5.63. The summed E-state index contributed by atoms with van der Waals surface area (Å²) in [6.45, 7) is 0.628. The van der Waals surface area contributed by atoms with Crippen molar-refractivity contribution in [2.45, 2.75) is 25.4 Å². The zero-order chi connectivity index (χ0) is 13.8. The highest BCUT2D eigenvalue weighted by atomic mass is 79.9. The first kappa shape index (κ1) is 14.3. The van der Waals surface area contributed by atoms with Gasteiger partial charge in [-0.25, -0.2) is 4.79 Å². The van der Waals surface area contributed by atoms with Crippen LogP contribution >= 0.6 is 15.9 Å². The Morgan fingerprint density at radius 1 is 1.53 bits per heavy atom. The molecule has 0 heterocycles. The van der Waals surface area contributed by atoms with E-state index in [0.717, 1.165) is 4.47 Å². The van der Waals surface area contributed by atoms with Gasteiger partial charge in [-0.15, -0.1) is 0 Å². The van der Waals surface area contributed by atoms with E-state index in [1.54, 1.807) is 12.1 Å². The average molecular weight is 329 g/mol. The van der Waals surface area contributed by atoms with Crippen LogP contribution in [0.15, 0.2) is 22.7 Å². The molecular weight excluding hydrogens is 312 g/mol. The first-order valence-corrected chi connectivity index (χ1v) is 7.09. The number of carbonyl (C=O) groups excluding carboxylic acids is 1. The highest BCUT2D eigenvalue weighted by molar-refractivity contribution is 9.10. The molecule has 5 heteroatoms. The second kappa shape index (κ2) is 6.39. The van der Waals surface area contributed by atoms with E-state index in [9.17, 15) is 9.90 Å². The standard InChI is InChI=1S/C14H17BrO4/c1-18-14(17)13(16)11-7-10(15)5-6-12(11)19-8-9-3-2-4-9/h5-7,9,13,16H,2-4,8H2,1H3. The quantitative estimate of drug-likeness (QED) is 0.844. The molecule has 104 valence electrons.